The summed E-state index contributed by atoms with van der Waals surface area (Å²) < 4.78 is 0. The van der Waals surface area contributed by atoms with Crippen LogP contribution in [0, 0.1) is 11.3 Å². The molecule has 1 unspecified atom stereocenters. The van der Waals surface area contributed by atoms with E-state index in [1.165, 1.54) is 11.1 Å². The van der Waals surface area contributed by atoms with Crippen LogP contribution in [0.2, 0.25) is 5.02 Å². The van der Waals surface area contributed by atoms with Crippen LogP contribution >= 0.6 is 11.6 Å². The van der Waals surface area contributed by atoms with Crippen molar-refractivity contribution in [1.82, 2.24) is 10.6 Å². The first-order valence-corrected chi connectivity index (χ1v) is 7.96. The van der Waals surface area contributed by atoms with Crippen molar-refractivity contribution in [3.05, 3.63) is 34.3 Å². The number of halogens is 1. The maximum absolute atomic E-state index is 11.9. The molecule has 2 N–H and O–H groups in total. The molecule has 0 bridgehead atoms. The summed E-state index contributed by atoms with van der Waals surface area (Å²) in [6, 6.07) is 6.22. The average molecular weight is 309 g/mol. The number of nitrogens with one attached hydrogen (secondary N) is 2. The minimum Gasteiger partial charge on any atom is -0.355 e. The Labute approximate surface area is 132 Å². The maximum Gasteiger partial charge on any atom is 0.233 e. The Hall–Kier alpha value is -1.06. The van der Waals surface area contributed by atoms with Gasteiger partial charge in [0.05, 0.1) is 6.54 Å². The van der Waals surface area contributed by atoms with E-state index in [1.807, 2.05) is 12.1 Å². The molecule has 1 aliphatic carbocycles. The van der Waals surface area contributed by atoms with Crippen molar-refractivity contribution < 1.29 is 4.79 Å². The molecule has 0 spiro atoms. The topological polar surface area (TPSA) is 41.1 Å². The van der Waals surface area contributed by atoms with Crippen molar-refractivity contribution in [3.8, 4) is 0 Å². The summed E-state index contributed by atoms with van der Waals surface area (Å²) in [5, 5.41) is 7.10. The Kier molecular flexibility index (Phi) is 4.95. The number of carbonyl (C=O) groups excluding carboxylic acids is 1. The van der Waals surface area contributed by atoms with Crippen molar-refractivity contribution in [2.75, 3.05) is 13.1 Å². The molecule has 0 aliphatic heterocycles. The van der Waals surface area contributed by atoms with E-state index in [9.17, 15) is 4.79 Å². The van der Waals surface area contributed by atoms with Crippen LogP contribution in [0.3, 0.4) is 0 Å². The van der Waals surface area contributed by atoms with Crippen molar-refractivity contribution in [2.24, 2.45) is 11.3 Å². The van der Waals surface area contributed by atoms with Gasteiger partial charge in [0, 0.05) is 17.6 Å². The Morgan fingerprint density at radius 2 is 2.14 bits per heavy atom. The van der Waals surface area contributed by atoms with Gasteiger partial charge in [-0.05, 0) is 41.0 Å². The highest BCUT2D eigenvalue weighted by atomic mass is 35.5. The van der Waals surface area contributed by atoms with E-state index in [-0.39, 0.29) is 17.4 Å². The zero-order chi connectivity index (χ0) is 15.6. The fourth-order valence-electron chi connectivity index (χ4n) is 2.97. The number of benzene rings is 1. The molecule has 3 nitrogen and oxygen atoms in total. The molecule has 1 aromatic rings. The van der Waals surface area contributed by atoms with E-state index in [0.717, 1.165) is 18.0 Å². The Bertz CT molecular complexity index is 526. The molecular weight excluding hydrogens is 284 g/mol. The molecule has 1 aliphatic rings. The van der Waals surface area contributed by atoms with Gasteiger partial charge in [0.25, 0.3) is 0 Å². The molecule has 0 fully saturated rings. The fraction of sp³-hybridized carbons (Fsp3) is 0.588. The summed E-state index contributed by atoms with van der Waals surface area (Å²) in [5.74, 6) is 0.520. The zero-order valence-electron chi connectivity index (χ0n) is 13.3. The standard InChI is InChI=1S/C17H25ClN2O/c1-11(2)9-19-15(21)10-20-16-14-7-13(18)6-5-12(14)8-17(16,3)4/h5-7,11,16,20H,8-10H2,1-4H3,(H,19,21). The molecule has 0 radical (unpaired) electrons. The summed E-state index contributed by atoms with van der Waals surface area (Å²) in [5.41, 5.74) is 2.64. The van der Waals surface area contributed by atoms with Crippen LogP contribution in [0.15, 0.2) is 18.2 Å². The van der Waals surface area contributed by atoms with Gasteiger partial charge < -0.3 is 10.6 Å². The quantitative estimate of drug-likeness (QED) is 0.876. The molecule has 0 heterocycles. The minimum atomic E-state index is 0.0509. The average Bonchev–Trinajstić information content (AvgIpc) is 2.63. The number of hydrogen-bond donors (Lipinski definition) is 2. The molecule has 1 aromatic carbocycles. The highest BCUT2D eigenvalue weighted by molar-refractivity contribution is 6.30. The normalized spacial score (nSPS) is 19.6. The number of fused-ring (bicyclic) bond motifs is 1. The lowest BCUT2D eigenvalue weighted by Crippen LogP contribution is -2.40. The van der Waals surface area contributed by atoms with E-state index in [2.05, 4.69) is 44.4 Å². The zero-order valence-corrected chi connectivity index (χ0v) is 14.1. The van der Waals surface area contributed by atoms with Crippen LogP contribution in [0.1, 0.15) is 44.9 Å². The first-order valence-electron chi connectivity index (χ1n) is 7.58. The smallest absolute Gasteiger partial charge is 0.233 e. The third-order valence-electron chi connectivity index (χ3n) is 4.02. The van der Waals surface area contributed by atoms with Crippen molar-refractivity contribution >= 4 is 17.5 Å². The third-order valence-corrected chi connectivity index (χ3v) is 4.26. The summed E-state index contributed by atoms with van der Waals surface area (Å²) >= 11 is 6.12. The van der Waals surface area contributed by atoms with Crippen LogP contribution in [0.25, 0.3) is 0 Å². The van der Waals surface area contributed by atoms with Crippen LogP contribution in [-0.4, -0.2) is 19.0 Å². The van der Waals surface area contributed by atoms with Gasteiger partial charge in [-0.2, -0.15) is 0 Å². The van der Waals surface area contributed by atoms with Crippen LogP contribution in [0.5, 0.6) is 0 Å². The van der Waals surface area contributed by atoms with Gasteiger partial charge in [0.1, 0.15) is 0 Å². The van der Waals surface area contributed by atoms with Gasteiger partial charge in [-0.3, -0.25) is 4.79 Å². The van der Waals surface area contributed by atoms with Gasteiger partial charge in [0.15, 0.2) is 0 Å². The Balaban J connectivity index is 2.02. The molecule has 0 saturated heterocycles. The van der Waals surface area contributed by atoms with E-state index >= 15 is 0 Å². The summed E-state index contributed by atoms with van der Waals surface area (Å²) in [6.45, 7) is 9.69. The highest BCUT2D eigenvalue weighted by Gasteiger charge is 2.38. The van der Waals surface area contributed by atoms with Gasteiger partial charge in [-0.15, -0.1) is 0 Å². The SMILES string of the molecule is CC(C)CNC(=O)CNC1c2cc(Cl)ccc2CC1(C)C. The second kappa shape index (κ2) is 6.37. The molecule has 4 heteroatoms. The van der Waals surface area contributed by atoms with Crippen LogP contribution in [0.4, 0.5) is 0 Å². The van der Waals surface area contributed by atoms with Crippen LogP contribution in [-0.2, 0) is 11.2 Å². The van der Waals surface area contributed by atoms with E-state index in [0.29, 0.717) is 12.5 Å². The molecule has 1 atom stereocenters. The van der Waals surface area contributed by atoms with Crippen LogP contribution < -0.4 is 10.6 Å². The van der Waals surface area contributed by atoms with Gasteiger partial charge in [-0.25, -0.2) is 0 Å². The predicted octanol–water partition coefficient (Wildman–Crippen LogP) is 3.33. The molecule has 1 amide bonds. The van der Waals surface area contributed by atoms with E-state index in [1.54, 1.807) is 0 Å². The second-order valence-electron chi connectivity index (χ2n) is 7.02. The molecule has 21 heavy (non-hydrogen) atoms. The molecule has 0 aromatic heterocycles. The molecular formula is C17H25ClN2O. The van der Waals surface area contributed by atoms with E-state index in [4.69, 9.17) is 11.6 Å². The van der Waals surface area contributed by atoms with Gasteiger partial charge in [-0.1, -0.05) is 45.4 Å². The Morgan fingerprint density at radius 3 is 2.81 bits per heavy atom. The largest absolute Gasteiger partial charge is 0.355 e. The second-order valence-corrected chi connectivity index (χ2v) is 7.46. The first kappa shape index (κ1) is 16.3. The maximum atomic E-state index is 11.9. The molecule has 0 saturated carbocycles. The summed E-state index contributed by atoms with van der Waals surface area (Å²) in [4.78, 5) is 11.9. The minimum absolute atomic E-state index is 0.0509. The first-order chi connectivity index (χ1) is 9.79. The lowest BCUT2D eigenvalue weighted by molar-refractivity contribution is -0.120. The molecule has 116 valence electrons. The van der Waals surface area contributed by atoms with E-state index < -0.39 is 0 Å². The molecule has 2 rings (SSSR count). The van der Waals surface area contributed by atoms with Crippen molar-refractivity contribution in [1.29, 1.82) is 0 Å². The number of hydrogen-bond acceptors (Lipinski definition) is 2. The predicted molar refractivity (Wildman–Crippen MR) is 87.5 cm³/mol. The number of amides is 1. The van der Waals surface area contributed by atoms with Crippen molar-refractivity contribution in [3.63, 3.8) is 0 Å². The number of rotatable bonds is 5. The lowest BCUT2D eigenvalue weighted by Gasteiger charge is -2.28. The Morgan fingerprint density at radius 1 is 1.43 bits per heavy atom. The third kappa shape index (κ3) is 3.98. The number of carbonyl (C=O) groups is 1. The van der Waals surface area contributed by atoms with Gasteiger partial charge in [0.2, 0.25) is 5.91 Å². The highest BCUT2D eigenvalue weighted by Crippen LogP contribution is 2.45. The summed E-state index contributed by atoms with van der Waals surface area (Å²) in [6.07, 6.45) is 1.00. The fourth-order valence-corrected chi connectivity index (χ4v) is 3.15. The lowest BCUT2D eigenvalue weighted by atomic mass is 9.85. The van der Waals surface area contributed by atoms with Crippen molar-refractivity contribution in [2.45, 2.75) is 40.2 Å². The monoisotopic (exact) mass is 308 g/mol. The summed E-state index contributed by atoms with van der Waals surface area (Å²) in [7, 11) is 0. The van der Waals surface area contributed by atoms with Gasteiger partial charge >= 0.3 is 0 Å².